The molecule has 4 nitrogen and oxygen atoms in total. The summed E-state index contributed by atoms with van der Waals surface area (Å²) in [7, 11) is 0. The molecular weight excluding hydrogens is 285 g/mol. The third-order valence-electron chi connectivity index (χ3n) is 3.04. The molecule has 0 radical (unpaired) electrons. The Kier molecular flexibility index (Phi) is 4.60. The molecule has 0 bridgehead atoms. The molecule has 0 aliphatic heterocycles. The second-order valence-corrected chi connectivity index (χ2v) is 5.03. The van der Waals surface area contributed by atoms with Crippen molar-refractivity contribution in [2.24, 2.45) is 5.92 Å². The minimum absolute atomic E-state index is 0.100. The number of benzene rings is 1. The number of hydrogen-bond acceptors (Lipinski definition) is 4. The van der Waals surface area contributed by atoms with Crippen LogP contribution in [0.15, 0.2) is 12.1 Å². The van der Waals surface area contributed by atoms with Gasteiger partial charge >= 0.3 is 5.97 Å². The van der Waals surface area contributed by atoms with Gasteiger partial charge in [-0.15, -0.1) is 0 Å². The number of nitrogens with one attached hydrogen (secondary N) is 1. The summed E-state index contributed by atoms with van der Waals surface area (Å²) in [5.74, 6) is -1.26. The molecule has 0 saturated heterocycles. The van der Waals surface area contributed by atoms with E-state index in [2.05, 4.69) is 5.32 Å². The fourth-order valence-electron chi connectivity index (χ4n) is 1.78. The second-order valence-electron chi connectivity index (χ2n) is 4.63. The molecule has 20 heavy (non-hydrogen) atoms. The third-order valence-corrected chi connectivity index (χ3v) is 3.35. The second kappa shape index (κ2) is 6.22. The largest absolute Gasteiger partial charge is 0.462 e. The molecule has 1 fully saturated rings. The Balaban J connectivity index is 2.12. The van der Waals surface area contributed by atoms with E-state index >= 15 is 0 Å². The Labute approximate surface area is 121 Å². The molecule has 0 amide bonds. The van der Waals surface area contributed by atoms with Crippen LogP contribution in [-0.4, -0.2) is 24.9 Å². The van der Waals surface area contributed by atoms with Crippen molar-refractivity contribution in [1.29, 1.82) is 0 Å². The highest BCUT2D eigenvalue weighted by Gasteiger charge is 2.29. The lowest BCUT2D eigenvalue weighted by Crippen LogP contribution is -2.16. The highest BCUT2D eigenvalue weighted by Crippen LogP contribution is 2.31. The summed E-state index contributed by atoms with van der Waals surface area (Å²) in [6, 6.07) is 2.31. The van der Waals surface area contributed by atoms with Gasteiger partial charge in [-0.05, 0) is 31.9 Å². The molecule has 1 aromatic carbocycles. The van der Waals surface area contributed by atoms with Gasteiger partial charge < -0.3 is 10.1 Å². The number of ketones is 1. The molecule has 108 valence electrons. The Bertz CT molecular complexity index is 543. The van der Waals surface area contributed by atoms with Gasteiger partial charge in [-0.3, -0.25) is 4.79 Å². The van der Waals surface area contributed by atoms with Crippen LogP contribution >= 0.6 is 11.6 Å². The minimum atomic E-state index is -0.752. The van der Waals surface area contributed by atoms with Crippen molar-refractivity contribution in [1.82, 2.24) is 0 Å². The molecule has 0 unspecified atom stereocenters. The number of halogens is 2. The summed E-state index contributed by atoms with van der Waals surface area (Å²) in [6.45, 7) is 1.92. The number of ether oxygens (including phenoxy) is 1. The van der Waals surface area contributed by atoms with Crippen molar-refractivity contribution in [3.05, 3.63) is 28.5 Å². The third kappa shape index (κ3) is 3.48. The zero-order chi connectivity index (χ0) is 14.7. The molecule has 0 aromatic heterocycles. The van der Waals surface area contributed by atoms with Gasteiger partial charge in [0.05, 0.1) is 29.4 Å². The maximum Gasteiger partial charge on any atom is 0.341 e. The highest BCUT2D eigenvalue weighted by molar-refractivity contribution is 6.33. The Morgan fingerprint density at radius 1 is 1.45 bits per heavy atom. The van der Waals surface area contributed by atoms with Gasteiger partial charge in [0.1, 0.15) is 5.82 Å². The number of esters is 1. The topological polar surface area (TPSA) is 55.4 Å². The predicted molar refractivity (Wildman–Crippen MR) is 73.6 cm³/mol. The van der Waals surface area contributed by atoms with Crippen LogP contribution in [0.3, 0.4) is 0 Å². The van der Waals surface area contributed by atoms with Gasteiger partial charge in [-0.2, -0.15) is 0 Å². The zero-order valence-corrected chi connectivity index (χ0v) is 11.8. The fourth-order valence-corrected chi connectivity index (χ4v) is 2.00. The van der Waals surface area contributed by atoms with E-state index in [9.17, 15) is 14.0 Å². The van der Waals surface area contributed by atoms with E-state index in [0.29, 0.717) is 5.69 Å². The summed E-state index contributed by atoms with van der Waals surface area (Å²) in [6.07, 6.45) is 1.84. The van der Waals surface area contributed by atoms with Crippen molar-refractivity contribution in [2.45, 2.75) is 19.8 Å². The van der Waals surface area contributed by atoms with Gasteiger partial charge in [-0.1, -0.05) is 11.6 Å². The van der Waals surface area contributed by atoms with Crippen LogP contribution in [0.25, 0.3) is 0 Å². The quantitative estimate of drug-likeness (QED) is 0.820. The van der Waals surface area contributed by atoms with Crippen LogP contribution in [0.2, 0.25) is 5.02 Å². The van der Waals surface area contributed by atoms with E-state index in [4.69, 9.17) is 16.3 Å². The SMILES string of the molecule is CCOC(=O)c1cc(NCC(=O)C2CC2)c(Cl)cc1F. The predicted octanol–water partition coefficient (Wildman–Crippen LogP) is 3.05. The molecule has 0 atom stereocenters. The molecule has 2 rings (SSSR count). The number of rotatable bonds is 6. The smallest absolute Gasteiger partial charge is 0.341 e. The molecule has 0 spiro atoms. The van der Waals surface area contributed by atoms with Gasteiger partial charge in [0.25, 0.3) is 0 Å². The van der Waals surface area contributed by atoms with Crippen LogP contribution < -0.4 is 5.32 Å². The fraction of sp³-hybridized carbons (Fsp3) is 0.429. The van der Waals surface area contributed by atoms with Crippen molar-refractivity contribution >= 4 is 29.0 Å². The average molecular weight is 300 g/mol. The van der Waals surface area contributed by atoms with E-state index in [0.717, 1.165) is 18.9 Å². The average Bonchev–Trinajstić information content (AvgIpc) is 3.21. The molecule has 6 heteroatoms. The molecule has 1 aliphatic rings. The first kappa shape index (κ1) is 14.8. The van der Waals surface area contributed by atoms with Gasteiger partial charge in [0, 0.05) is 5.92 Å². The first-order chi connectivity index (χ1) is 9.52. The summed E-state index contributed by atoms with van der Waals surface area (Å²) < 4.78 is 18.4. The Hall–Kier alpha value is -1.62. The summed E-state index contributed by atoms with van der Waals surface area (Å²) in [4.78, 5) is 23.2. The molecular formula is C14H15ClFNO3. The molecule has 1 aliphatic carbocycles. The summed E-state index contributed by atoms with van der Waals surface area (Å²) in [5.41, 5.74) is 0.155. The standard InChI is InChI=1S/C14H15ClFNO3/c1-2-20-14(19)9-5-12(10(15)6-11(9)16)17-7-13(18)8-3-4-8/h5-6,8,17H,2-4,7H2,1H3. The number of carbonyl (C=O) groups is 2. The number of hydrogen-bond donors (Lipinski definition) is 1. The lowest BCUT2D eigenvalue weighted by Gasteiger charge is -2.10. The van der Waals surface area contributed by atoms with Crippen molar-refractivity contribution < 1.29 is 18.7 Å². The first-order valence-electron chi connectivity index (χ1n) is 6.45. The van der Waals surface area contributed by atoms with Crippen molar-refractivity contribution in [3.8, 4) is 0 Å². The molecule has 0 heterocycles. The first-order valence-corrected chi connectivity index (χ1v) is 6.83. The van der Waals surface area contributed by atoms with Crippen LogP contribution in [0.4, 0.5) is 10.1 Å². The Morgan fingerprint density at radius 2 is 2.15 bits per heavy atom. The number of carbonyl (C=O) groups excluding carboxylic acids is 2. The van der Waals surface area contributed by atoms with Crippen LogP contribution in [0.5, 0.6) is 0 Å². The van der Waals surface area contributed by atoms with E-state index in [1.165, 1.54) is 6.07 Å². The lowest BCUT2D eigenvalue weighted by atomic mass is 10.1. The van der Waals surface area contributed by atoms with E-state index in [1.807, 2.05) is 0 Å². The van der Waals surface area contributed by atoms with Crippen LogP contribution in [0, 0.1) is 11.7 Å². The van der Waals surface area contributed by atoms with Gasteiger partial charge in [0.2, 0.25) is 0 Å². The summed E-state index contributed by atoms with van der Waals surface area (Å²) in [5, 5.41) is 2.97. The van der Waals surface area contributed by atoms with Crippen LogP contribution in [0.1, 0.15) is 30.1 Å². The van der Waals surface area contributed by atoms with E-state index < -0.39 is 11.8 Å². The maximum atomic E-state index is 13.7. The molecule has 1 aromatic rings. The molecule has 1 N–H and O–H groups in total. The molecule has 1 saturated carbocycles. The minimum Gasteiger partial charge on any atom is -0.462 e. The van der Waals surface area contributed by atoms with E-state index in [-0.39, 0.29) is 35.4 Å². The summed E-state index contributed by atoms with van der Waals surface area (Å²) >= 11 is 5.90. The normalized spacial score (nSPS) is 13.9. The van der Waals surface area contributed by atoms with Crippen molar-refractivity contribution in [3.63, 3.8) is 0 Å². The lowest BCUT2D eigenvalue weighted by molar-refractivity contribution is -0.118. The number of anilines is 1. The monoisotopic (exact) mass is 299 g/mol. The number of Topliss-reactive ketones (excluding diaryl/α,β-unsaturated/α-hetero) is 1. The van der Waals surface area contributed by atoms with Crippen LogP contribution in [-0.2, 0) is 9.53 Å². The van der Waals surface area contributed by atoms with Gasteiger partial charge in [-0.25, -0.2) is 9.18 Å². The van der Waals surface area contributed by atoms with E-state index in [1.54, 1.807) is 6.92 Å². The zero-order valence-electron chi connectivity index (χ0n) is 11.0. The Morgan fingerprint density at radius 3 is 2.75 bits per heavy atom. The maximum absolute atomic E-state index is 13.7. The van der Waals surface area contributed by atoms with Gasteiger partial charge in [0.15, 0.2) is 5.78 Å². The van der Waals surface area contributed by atoms with Crippen molar-refractivity contribution in [2.75, 3.05) is 18.5 Å². The highest BCUT2D eigenvalue weighted by atomic mass is 35.5.